The van der Waals surface area contributed by atoms with Crippen LogP contribution in [0.15, 0.2) is 24.3 Å². The Morgan fingerprint density at radius 2 is 1.12 bits per heavy atom. The van der Waals surface area contributed by atoms with Crippen molar-refractivity contribution in [2.45, 2.75) is 96.3 Å². The van der Waals surface area contributed by atoms with E-state index in [9.17, 15) is 14.4 Å². The van der Waals surface area contributed by atoms with Gasteiger partial charge in [0.25, 0.3) is 0 Å². The summed E-state index contributed by atoms with van der Waals surface area (Å²) in [5.74, 6) is -1.02. The number of rotatable bonds is 20. The molecule has 32 heavy (non-hydrogen) atoms. The maximum atomic E-state index is 12.2. The molecule has 180 valence electrons. The van der Waals surface area contributed by atoms with Gasteiger partial charge in [-0.1, -0.05) is 69.9 Å². The summed E-state index contributed by atoms with van der Waals surface area (Å²) in [7, 11) is 0. The van der Waals surface area contributed by atoms with Crippen LogP contribution in [0.2, 0.25) is 0 Å². The van der Waals surface area contributed by atoms with Crippen molar-refractivity contribution in [3.63, 3.8) is 0 Å². The van der Waals surface area contributed by atoms with E-state index in [0.717, 1.165) is 38.5 Å². The number of carboxylic acids is 2. The van der Waals surface area contributed by atoms with Crippen LogP contribution >= 0.6 is 0 Å². The minimum atomic E-state index is -0.847. The lowest BCUT2D eigenvalue weighted by atomic mass is 10.0. The van der Waals surface area contributed by atoms with Crippen LogP contribution in [0.5, 0.6) is 5.75 Å². The number of unbranched alkanes of at least 4 members (excludes halogenated alkanes) is 10. The van der Waals surface area contributed by atoms with Gasteiger partial charge in [-0.3, -0.25) is 14.4 Å². The maximum Gasteiger partial charge on any atom is 0.303 e. The van der Waals surface area contributed by atoms with Gasteiger partial charge < -0.3 is 20.3 Å². The standard InChI is InChI=1S/C25H39NO6/c27-23(26-21-15-12-13-16-22(21)32-20-14-19-25(30)31)17-10-8-6-4-2-1-3-5-7-9-11-18-24(28)29/h12-13,15-16H,1-11,14,17-20H2,(H,26,27)(H,28,29)(H,30,31). The Balaban J connectivity index is 2.04. The van der Waals surface area contributed by atoms with Crippen LogP contribution in [-0.2, 0) is 14.4 Å². The molecule has 0 spiro atoms. The van der Waals surface area contributed by atoms with E-state index in [1.54, 1.807) is 12.1 Å². The van der Waals surface area contributed by atoms with E-state index < -0.39 is 11.9 Å². The topological polar surface area (TPSA) is 113 Å². The Morgan fingerprint density at radius 1 is 0.656 bits per heavy atom. The molecule has 0 atom stereocenters. The second-order valence-corrected chi connectivity index (χ2v) is 8.17. The number of carbonyl (C=O) groups excluding carboxylic acids is 1. The van der Waals surface area contributed by atoms with Crippen molar-refractivity contribution < 1.29 is 29.3 Å². The number of hydrogen-bond acceptors (Lipinski definition) is 4. The fraction of sp³-hybridized carbons (Fsp3) is 0.640. The molecule has 0 bridgehead atoms. The number of carboxylic acid groups (broad SMARTS) is 2. The first-order chi connectivity index (χ1) is 15.5. The number of para-hydroxylation sites is 2. The molecule has 1 aromatic carbocycles. The normalized spacial score (nSPS) is 10.6. The van der Waals surface area contributed by atoms with E-state index >= 15 is 0 Å². The molecule has 0 saturated carbocycles. The first kappa shape index (κ1) is 27.5. The van der Waals surface area contributed by atoms with Crippen molar-refractivity contribution in [1.29, 1.82) is 0 Å². The van der Waals surface area contributed by atoms with Gasteiger partial charge in [0.1, 0.15) is 5.75 Å². The molecular weight excluding hydrogens is 410 g/mol. The monoisotopic (exact) mass is 449 g/mol. The molecule has 1 rings (SSSR count). The molecule has 0 radical (unpaired) electrons. The highest BCUT2D eigenvalue weighted by Crippen LogP contribution is 2.24. The lowest BCUT2D eigenvalue weighted by Crippen LogP contribution is -2.12. The fourth-order valence-electron chi connectivity index (χ4n) is 3.47. The van der Waals surface area contributed by atoms with Gasteiger partial charge in [0.15, 0.2) is 0 Å². The number of amides is 1. The van der Waals surface area contributed by atoms with E-state index in [-0.39, 0.29) is 18.7 Å². The number of nitrogens with one attached hydrogen (secondary N) is 1. The Hall–Kier alpha value is -2.57. The van der Waals surface area contributed by atoms with Crippen LogP contribution in [-0.4, -0.2) is 34.7 Å². The quantitative estimate of drug-likeness (QED) is 0.210. The van der Waals surface area contributed by atoms with Crippen molar-refractivity contribution in [3.05, 3.63) is 24.3 Å². The van der Waals surface area contributed by atoms with Gasteiger partial charge in [-0.05, 0) is 31.4 Å². The maximum absolute atomic E-state index is 12.2. The molecule has 0 aliphatic heterocycles. The third-order valence-electron chi connectivity index (χ3n) is 5.25. The van der Waals surface area contributed by atoms with Crippen LogP contribution in [0.1, 0.15) is 96.3 Å². The van der Waals surface area contributed by atoms with Crippen molar-refractivity contribution in [1.82, 2.24) is 0 Å². The molecular formula is C25H39NO6. The molecule has 0 aliphatic carbocycles. The second kappa shape index (κ2) is 18.0. The van der Waals surface area contributed by atoms with Crippen molar-refractivity contribution in [2.75, 3.05) is 11.9 Å². The fourth-order valence-corrected chi connectivity index (χ4v) is 3.47. The van der Waals surface area contributed by atoms with Crippen LogP contribution in [0.4, 0.5) is 5.69 Å². The predicted molar refractivity (Wildman–Crippen MR) is 125 cm³/mol. The minimum absolute atomic E-state index is 0.0329. The van der Waals surface area contributed by atoms with E-state index in [2.05, 4.69) is 5.32 Å². The van der Waals surface area contributed by atoms with Gasteiger partial charge in [-0.2, -0.15) is 0 Å². The predicted octanol–water partition coefficient (Wildman–Crippen LogP) is 6.02. The summed E-state index contributed by atoms with van der Waals surface area (Å²) in [6, 6.07) is 7.21. The number of benzene rings is 1. The summed E-state index contributed by atoms with van der Waals surface area (Å²) >= 11 is 0. The van der Waals surface area contributed by atoms with Gasteiger partial charge in [-0.15, -0.1) is 0 Å². The van der Waals surface area contributed by atoms with Crippen LogP contribution in [0.25, 0.3) is 0 Å². The summed E-state index contributed by atoms with van der Waals surface area (Å²) in [6.45, 7) is 0.296. The van der Waals surface area contributed by atoms with Gasteiger partial charge in [0.05, 0.1) is 12.3 Å². The Labute approximate surface area is 191 Å². The third-order valence-corrected chi connectivity index (χ3v) is 5.25. The average molecular weight is 450 g/mol. The van der Waals surface area contributed by atoms with Crippen molar-refractivity contribution >= 4 is 23.5 Å². The molecule has 3 N–H and O–H groups in total. The Morgan fingerprint density at radius 3 is 1.69 bits per heavy atom. The van der Waals surface area contributed by atoms with Crippen LogP contribution in [0, 0.1) is 0 Å². The summed E-state index contributed by atoms with van der Waals surface area (Å²) in [5, 5.41) is 20.2. The number of ether oxygens (including phenoxy) is 1. The molecule has 0 heterocycles. The van der Waals surface area contributed by atoms with E-state index in [4.69, 9.17) is 14.9 Å². The zero-order valence-electron chi connectivity index (χ0n) is 19.2. The first-order valence-corrected chi connectivity index (χ1v) is 11.9. The second-order valence-electron chi connectivity index (χ2n) is 8.17. The van der Waals surface area contributed by atoms with E-state index in [1.807, 2.05) is 12.1 Å². The van der Waals surface area contributed by atoms with Gasteiger partial charge in [0.2, 0.25) is 5.91 Å². The summed E-state index contributed by atoms with van der Waals surface area (Å²) in [5.41, 5.74) is 0.621. The Bertz CT molecular complexity index is 676. The minimum Gasteiger partial charge on any atom is -0.491 e. The number of aliphatic carboxylic acids is 2. The number of carbonyl (C=O) groups is 3. The molecule has 0 saturated heterocycles. The summed E-state index contributed by atoms with van der Waals surface area (Å²) < 4.78 is 5.61. The van der Waals surface area contributed by atoms with Gasteiger partial charge in [-0.25, -0.2) is 0 Å². The molecule has 7 heteroatoms. The van der Waals surface area contributed by atoms with E-state index in [1.165, 1.54) is 32.1 Å². The summed E-state index contributed by atoms with van der Waals surface area (Å²) in [6.07, 6.45) is 13.2. The third kappa shape index (κ3) is 15.3. The molecule has 1 aromatic rings. The van der Waals surface area contributed by atoms with Crippen LogP contribution in [0.3, 0.4) is 0 Å². The number of anilines is 1. The van der Waals surface area contributed by atoms with Gasteiger partial charge in [0, 0.05) is 19.3 Å². The molecule has 0 aromatic heterocycles. The van der Waals surface area contributed by atoms with E-state index in [0.29, 0.717) is 30.9 Å². The summed E-state index contributed by atoms with van der Waals surface area (Å²) in [4.78, 5) is 33.2. The zero-order valence-corrected chi connectivity index (χ0v) is 19.2. The smallest absolute Gasteiger partial charge is 0.303 e. The zero-order chi connectivity index (χ0) is 23.4. The number of hydrogen-bond donors (Lipinski definition) is 3. The molecule has 0 aliphatic rings. The largest absolute Gasteiger partial charge is 0.491 e. The SMILES string of the molecule is O=C(O)CCCCCCCCCCCCCC(=O)Nc1ccccc1OCCCC(=O)O. The average Bonchev–Trinajstić information content (AvgIpc) is 2.75. The Kier molecular flexibility index (Phi) is 15.5. The molecule has 1 amide bonds. The first-order valence-electron chi connectivity index (χ1n) is 11.9. The molecule has 0 fully saturated rings. The van der Waals surface area contributed by atoms with Crippen LogP contribution < -0.4 is 10.1 Å². The lowest BCUT2D eigenvalue weighted by Gasteiger charge is -2.12. The highest BCUT2D eigenvalue weighted by atomic mass is 16.5. The highest BCUT2D eigenvalue weighted by Gasteiger charge is 2.08. The van der Waals surface area contributed by atoms with Crippen molar-refractivity contribution in [2.24, 2.45) is 0 Å². The van der Waals surface area contributed by atoms with Crippen molar-refractivity contribution in [3.8, 4) is 5.75 Å². The molecule has 0 unspecified atom stereocenters. The highest BCUT2D eigenvalue weighted by molar-refractivity contribution is 5.92. The van der Waals surface area contributed by atoms with Gasteiger partial charge >= 0.3 is 11.9 Å². The lowest BCUT2D eigenvalue weighted by molar-refractivity contribution is -0.138. The molecule has 7 nitrogen and oxygen atoms in total.